The van der Waals surface area contributed by atoms with Crippen LogP contribution in [-0.4, -0.2) is 33.1 Å². The topological polar surface area (TPSA) is 64.3 Å². The van der Waals surface area contributed by atoms with Crippen LogP contribution in [0.3, 0.4) is 0 Å². The summed E-state index contributed by atoms with van der Waals surface area (Å²) in [7, 11) is 0. The molecule has 5 nitrogen and oxygen atoms in total. The van der Waals surface area contributed by atoms with Crippen molar-refractivity contribution in [2.45, 2.75) is 31.6 Å². The maximum atomic E-state index is 10.6. The molecule has 0 unspecified atom stereocenters. The van der Waals surface area contributed by atoms with Gasteiger partial charge in [-0.3, -0.25) is 4.68 Å². The summed E-state index contributed by atoms with van der Waals surface area (Å²) in [6.07, 6.45) is 4.28. The van der Waals surface area contributed by atoms with Gasteiger partial charge >= 0.3 is 5.97 Å². The van der Waals surface area contributed by atoms with E-state index in [1.807, 2.05) is 12.3 Å². The fourth-order valence-electron chi connectivity index (χ4n) is 1.64. The molecule has 0 bridgehead atoms. The van der Waals surface area contributed by atoms with Crippen LogP contribution < -0.4 is 0 Å². The zero-order chi connectivity index (χ0) is 9.97. The Labute approximate surface area is 81.3 Å². The van der Waals surface area contributed by atoms with Gasteiger partial charge < -0.3 is 9.84 Å². The standard InChI is InChI=1S/C9H12N2O3/c12-9(13)8-3-2-7(14-8)6-11-5-1-4-10-11/h1,4-5,7-8H,2-3,6H2,(H,12,13)/t7-,8+/m0/s1. The first kappa shape index (κ1) is 9.21. The summed E-state index contributed by atoms with van der Waals surface area (Å²) in [6, 6.07) is 1.84. The van der Waals surface area contributed by atoms with Gasteiger partial charge in [0, 0.05) is 12.4 Å². The molecule has 1 aromatic rings. The first-order chi connectivity index (χ1) is 6.75. The summed E-state index contributed by atoms with van der Waals surface area (Å²) in [5, 5.41) is 12.7. The summed E-state index contributed by atoms with van der Waals surface area (Å²) >= 11 is 0. The van der Waals surface area contributed by atoms with Gasteiger partial charge in [0.25, 0.3) is 0 Å². The van der Waals surface area contributed by atoms with Crippen molar-refractivity contribution >= 4 is 5.97 Å². The number of ether oxygens (including phenoxy) is 1. The van der Waals surface area contributed by atoms with Crippen LogP contribution in [0.4, 0.5) is 0 Å². The third kappa shape index (κ3) is 1.93. The molecular weight excluding hydrogens is 184 g/mol. The van der Waals surface area contributed by atoms with Crippen molar-refractivity contribution < 1.29 is 14.6 Å². The van der Waals surface area contributed by atoms with Crippen molar-refractivity contribution in [3.05, 3.63) is 18.5 Å². The molecule has 1 N–H and O–H groups in total. The van der Waals surface area contributed by atoms with Gasteiger partial charge in [0.2, 0.25) is 0 Å². The van der Waals surface area contributed by atoms with E-state index < -0.39 is 12.1 Å². The van der Waals surface area contributed by atoms with E-state index in [2.05, 4.69) is 5.10 Å². The molecule has 1 aliphatic heterocycles. The second-order valence-corrected chi connectivity index (χ2v) is 3.39. The molecule has 0 radical (unpaired) electrons. The van der Waals surface area contributed by atoms with Crippen molar-refractivity contribution in [3.63, 3.8) is 0 Å². The van der Waals surface area contributed by atoms with Gasteiger partial charge in [-0.1, -0.05) is 0 Å². The van der Waals surface area contributed by atoms with Crippen molar-refractivity contribution in [1.29, 1.82) is 0 Å². The van der Waals surface area contributed by atoms with Crippen molar-refractivity contribution in [1.82, 2.24) is 9.78 Å². The maximum absolute atomic E-state index is 10.6. The third-order valence-corrected chi connectivity index (χ3v) is 2.33. The zero-order valence-corrected chi connectivity index (χ0v) is 7.67. The normalized spacial score (nSPS) is 26.6. The Morgan fingerprint density at radius 1 is 1.64 bits per heavy atom. The van der Waals surface area contributed by atoms with Crippen LogP contribution in [-0.2, 0) is 16.1 Å². The molecule has 0 saturated carbocycles. The van der Waals surface area contributed by atoms with E-state index in [9.17, 15) is 4.79 Å². The van der Waals surface area contributed by atoms with Gasteiger partial charge in [-0.2, -0.15) is 5.10 Å². The molecular formula is C9H12N2O3. The minimum atomic E-state index is -0.868. The predicted octanol–water partition coefficient (Wildman–Crippen LogP) is 0.515. The molecule has 0 aliphatic carbocycles. The summed E-state index contributed by atoms with van der Waals surface area (Å²) in [5.41, 5.74) is 0. The lowest BCUT2D eigenvalue weighted by atomic mass is 10.2. The lowest BCUT2D eigenvalue weighted by molar-refractivity contribution is -0.149. The first-order valence-corrected chi connectivity index (χ1v) is 4.61. The molecule has 1 aliphatic rings. The number of aliphatic carboxylic acids is 1. The van der Waals surface area contributed by atoms with Gasteiger partial charge in [0.05, 0.1) is 12.6 Å². The highest BCUT2D eigenvalue weighted by Crippen LogP contribution is 2.20. The Kier molecular flexibility index (Phi) is 2.49. The summed E-state index contributed by atoms with van der Waals surface area (Å²) in [6.45, 7) is 0.636. The van der Waals surface area contributed by atoms with Crippen LogP contribution in [0.5, 0.6) is 0 Å². The van der Waals surface area contributed by atoms with Crippen LogP contribution in [0.15, 0.2) is 18.5 Å². The summed E-state index contributed by atoms with van der Waals surface area (Å²) < 4.78 is 7.09. The van der Waals surface area contributed by atoms with Crippen molar-refractivity contribution in [3.8, 4) is 0 Å². The molecule has 2 heterocycles. The Morgan fingerprint density at radius 2 is 2.50 bits per heavy atom. The molecule has 1 aromatic heterocycles. The smallest absolute Gasteiger partial charge is 0.332 e. The Hall–Kier alpha value is -1.36. The average Bonchev–Trinajstić information content (AvgIpc) is 2.75. The highest BCUT2D eigenvalue weighted by atomic mass is 16.5. The van der Waals surface area contributed by atoms with Gasteiger partial charge in [-0.05, 0) is 18.9 Å². The van der Waals surface area contributed by atoms with Gasteiger partial charge in [-0.25, -0.2) is 4.79 Å². The SMILES string of the molecule is O=C(O)[C@H]1CC[C@@H](Cn2cccn2)O1. The zero-order valence-electron chi connectivity index (χ0n) is 7.67. The van der Waals surface area contributed by atoms with Crippen LogP contribution in [0.2, 0.25) is 0 Å². The fourth-order valence-corrected chi connectivity index (χ4v) is 1.64. The fraction of sp³-hybridized carbons (Fsp3) is 0.556. The van der Waals surface area contributed by atoms with E-state index in [0.29, 0.717) is 13.0 Å². The van der Waals surface area contributed by atoms with Gasteiger partial charge in [0.1, 0.15) is 0 Å². The van der Waals surface area contributed by atoms with E-state index in [1.54, 1.807) is 10.9 Å². The predicted molar refractivity (Wildman–Crippen MR) is 47.8 cm³/mol. The molecule has 1 fully saturated rings. The number of carboxylic acid groups (broad SMARTS) is 1. The molecule has 0 amide bonds. The number of nitrogens with zero attached hydrogens (tertiary/aromatic N) is 2. The van der Waals surface area contributed by atoms with E-state index in [1.165, 1.54) is 0 Å². The van der Waals surface area contributed by atoms with Crippen LogP contribution >= 0.6 is 0 Å². The lowest BCUT2D eigenvalue weighted by Crippen LogP contribution is -2.22. The largest absolute Gasteiger partial charge is 0.479 e. The highest BCUT2D eigenvalue weighted by Gasteiger charge is 2.30. The van der Waals surface area contributed by atoms with Crippen molar-refractivity contribution in [2.24, 2.45) is 0 Å². The van der Waals surface area contributed by atoms with Crippen molar-refractivity contribution in [2.75, 3.05) is 0 Å². The summed E-state index contributed by atoms with van der Waals surface area (Å²) in [4.78, 5) is 10.6. The monoisotopic (exact) mass is 196 g/mol. The number of rotatable bonds is 3. The molecule has 0 spiro atoms. The number of hydrogen-bond donors (Lipinski definition) is 1. The Balaban J connectivity index is 1.87. The second-order valence-electron chi connectivity index (χ2n) is 3.39. The van der Waals surface area contributed by atoms with Crippen LogP contribution in [0.25, 0.3) is 0 Å². The minimum Gasteiger partial charge on any atom is -0.479 e. The summed E-state index contributed by atoms with van der Waals surface area (Å²) in [5.74, 6) is -0.868. The number of aromatic nitrogens is 2. The third-order valence-electron chi connectivity index (χ3n) is 2.33. The number of carbonyl (C=O) groups is 1. The molecule has 2 rings (SSSR count). The van der Waals surface area contributed by atoms with Crippen LogP contribution in [0, 0.1) is 0 Å². The molecule has 1 saturated heterocycles. The average molecular weight is 196 g/mol. The lowest BCUT2D eigenvalue weighted by Gasteiger charge is -2.10. The first-order valence-electron chi connectivity index (χ1n) is 4.61. The Morgan fingerprint density at radius 3 is 3.07 bits per heavy atom. The molecule has 0 aromatic carbocycles. The molecule has 5 heteroatoms. The van der Waals surface area contributed by atoms with E-state index >= 15 is 0 Å². The van der Waals surface area contributed by atoms with E-state index in [4.69, 9.17) is 9.84 Å². The molecule has 2 atom stereocenters. The highest BCUT2D eigenvalue weighted by molar-refractivity contribution is 5.72. The number of hydrogen-bond acceptors (Lipinski definition) is 3. The maximum Gasteiger partial charge on any atom is 0.332 e. The second kappa shape index (κ2) is 3.79. The van der Waals surface area contributed by atoms with Gasteiger partial charge in [0.15, 0.2) is 6.10 Å². The Bertz CT molecular complexity index is 310. The van der Waals surface area contributed by atoms with Gasteiger partial charge in [-0.15, -0.1) is 0 Å². The van der Waals surface area contributed by atoms with E-state index in [-0.39, 0.29) is 6.10 Å². The molecule has 14 heavy (non-hydrogen) atoms. The quantitative estimate of drug-likeness (QED) is 0.765. The number of carboxylic acids is 1. The minimum absolute atomic E-state index is 0.0176. The molecule has 76 valence electrons. The van der Waals surface area contributed by atoms with Crippen LogP contribution in [0.1, 0.15) is 12.8 Å². The van der Waals surface area contributed by atoms with E-state index in [0.717, 1.165) is 6.42 Å².